The number of carboxylic acids is 1. The first-order valence-corrected chi connectivity index (χ1v) is 4.07. The van der Waals surface area contributed by atoms with E-state index in [9.17, 15) is 4.79 Å². The average molecular weight is 183 g/mol. The molecule has 0 saturated heterocycles. The third-order valence-corrected chi connectivity index (χ3v) is 1.91. The third-order valence-electron chi connectivity index (χ3n) is 1.91. The first-order chi connectivity index (χ1) is 6.16. The van der Waals surface area contributed by atoms with Crippen molar-refractivity contribution in [3.8, 4) is 0 Å². The molecule has 1 aromatic heterocycles. The highest BCUT2D eigenvalue weighted by atomic mass is 16.4. The monoisotopic (exact) mass is 183 g/mol. The molecule has 0 unspecified atom stereocenters. The molecular weight excluding hydrogens is 170 g/mol. The summed E-state index contributed by atoms with van der Waals surface area (Å²) >= 11 is 0. The molecular formula is C8H13N3O2. The number of hydrogen-bond donors (Lipinski definition) is 2. The topological polar surface area (TPSA) is 67.2 Å². The number of carbonyl (C=O) groups is 1. The number of likely N-dealkylation sites (N-methyl/N-ethyl adjacent to an activating group) is 1. The van der Waals surface area contributed by atoms with Gasteiger partial charge >= 0.3 is 5.97 Å². The van der Waals surface area contributed by atoms with Gasteiger partial charge < -0.3 is 10.4 Å². The van der Waals surface area contributed by atoms with Gasteiger partial charge in [0.1, 0.15) is 5.56 Å². The van der Waals surface area contributed by atoms with E-state index in [1.165, 1.54) is 6.20 Å². The maximum absolute atomic E-state index is 10.6. The molecule has 5 nitrogen and oxygen atoms in total. The highest BCUT2D eigenvalue weighted by Gasteiger charge is 2.11. The Morgan fingerprint density at radius 3 is 2.92 bits per heavy atom. The Labute approximate surface area is 76.4 Å². The predicted octanol–water partition coefficient (Wildman–Crippen LogP) is 0.109. The van der Waals surface area contributed by atoms with Crippen molar-refractivity contribution in [2.24, 2.45) is 0 Å². The van der Waals surface area contributed by atoms with E-state index >= 15 is 0 Å². The number of aromatic carboxylic acids is 1. The van der Waals surface area contributed by atoms with Gasteiger partial charge in [-0.1, -0.05) is 0 Å². The molecule has 1 aromatic rings. The van der Waals surface area contributed by atoms with Crippen molar-refractivity contribution in [2.45, 2.75) is 13.5 Å². The minimum atomic E-state index is -0.923. The fourth-order valence-corrected chi connectivity index (χ4v) is 1.10. The van der Waals surface area contributed by atoms with Gasteiger partial charge in [0.05, 0.1) is 12.7 Å². The Morgan fingerprint density at radius 1 is 1.77 bits per heavy atom. The van der Waals surface area contributed by atoms with Gasteiger partial charge in [0.2, 0.25) is 0 Å². The molecule has 0 amide bonds. The van der Waals surface area contributed by atoms with E-state index in [1.54, 1.807) is 11.6 Å². The van der Waals surface area contributed by atoms with E-state index < -0.39 is 5.97 Å². The van der Waals surface area contributed by atoms with Gasteiger partial charge in [-0.25, -0.2) is 4.79 Å². The van der Waals surface area contributed by atoms with E-state index in [4.69, 9.17) is 5.11 Å². The van der Waals surface area contributed by atoms with E-state index in [1.807, 2.05) is 7.05 Å². The summed E-state index contributed by atoms with van der Waals surface area (Å²) in [6.07, 6.45) is 1.38. The number of hydrogen-bond acceptors (Lipinski definition) is 3. The van der Waals surface area contributed by atoms with Crippen LogP contribution >= 0.6 is 0 Å². The summed E-state index contributed by atoms with van der Waals surface area (Å²) < 4.78 is 1.68. The van der Waals surface area contributed by atoms with Crippen LogP contribution in [-0.2, 0) is 6.54 Å². The lowest BCUT2D eigenvalue weighted by molar-refractivity contribution is 0.0696. The number of nitrogens with zero attached hydrogens (tertiary/aromatic N) is 2. The zero-order valence-electron chi connectivity index (χ0n) is 7.74. The van der Waals surface area contributed by atoms with E-state index in [-0.39, 0.29) is 5.56 Å². The second kappa shape index (κ2) is 4.04. The van der Waals surface area contributed by atoms with Crippen molar-refractivity contribution in [1.82, 2.24) is 15.1 Å². The van der Waals surface area contributed by atoms with Crippen LogP contribution in [0.2, 0.25) is 0 Å². The van der Waals surface area contributed by atoms with E-state index in [0.29, 0.717) is 12.2 Å². The zero-order valence-corrected chi connectivity index (χ0v) is 7.74. The molecule has 0 atom stereocenters. The summed E-state index contributed by atoms with van der Waals surface area (Å²) in [5.74, 6) is -0.923. The lowest BCUT2D eigenvalue weighted by Gasteiger charge is -2.02. The second-order valence-electron chi connectivity index (χ2n) is 2.78. The Kier molecular flexibility index (Phi) is 3.02. The zero-order chi connectivity index (χ0) is 9.84. The fourth-order valence-electron chi connectivity index (χ4n) is 1.10. The van der Waals surface area contributed by atoms with Crippen LogP contribution in [0.3, 0.4) is 0 Å². The van der Waals surface area contributed by atoms with Crippen molar-refractivity contribution >= 4 is 5.97 Å². The quantitative estimate of drug-likeness (QED) is 0.695. The van der Waals surface area contributed by atoms with Crippen molar-refractivity contribution in [3.05, 3.63) is 17.5 Å². The molecule has 13 heavy (non-hydrogen) atoms. The smallest absolute Gasteiger partial charge is 0.339 e. The Morgan fingerprint density at radius 2 is 2.46 bits per heavy atom. The first-order valence-electron chi connectivity index (χ1n) is 4.07. The molecule has 0 fully saturated rings. The SMILES string of the molecule is CNCCn1ncc(C(=O)O)c1C. The Hall–Kier alpha value is -1.36. The van der Waals surface area contributed by atoms with Crippen LogP contribution < -0.4 is 5.32 Å². The molecule has 0 aliphatic rings. The molecule has 1 heterocycles. The standard InChI is InChI=1S/C8H13N3O2/c1-6-7(8(12)13)5-10-11(6)4-3-9-2/h5,9H,3-4H2,1-2H3,(H,12,13). The van der Waals surface area contributed by atoms with Crippen LogP contribution in [0, 0.1) is 6.92 Å². The number of nitrogens with one attached hydrogen (secondary N) is 1. The Balaban J connectivity index is 2.80. The Bertz CT molecular complexity index is 306. The molecule has 5 heteroatoms. The first kappa shape index (κ1) is 9.73. The second-order valence-corrected chi connectivity index (χ2v) is 2.78. The van der Waals surface area contributed by atoms with Gasteiger partial charge in [0, 0.05) is 12.2 Å². The van der Waals surface area contributed by atoms with Gasteiger partial charge in [-0.05, 0) is 14.0 Å². The molecule has 1 rings (SSSR count). The summed E-state index contributed by atoms with van der Waals surface area (Å²) in [5.41, 5.74) is 0.971. The highest BCUT2D eigenvalue weighted by molar-refractivity contribution is 5.88. The van der Waals surface area contributed by atoms with Crippen molar-refractivity contribution < 1.29 is 9.90 Å². The summed E-state index contributed by atoms with van der Waals surface area (Å²) in [4.78, 5) is 10.6. The number of carboxylic acid groups (broad SMARTS) is 1. The van der Waals surface area contributed by atoms with E-state index in [2.05, 4.69) is 10.4 Å². The lowest BCUT2D eigenvalue weighted by Crippen LogP contribution is -2.16. The van der Waals surface area contributed by atoms with Crippen LogP contribution in [0.5, 0.6) is 0 Å². The molecule has 0 aliphatic carbocycles. The van der Waals surface area contributed by atoms with Crippen LogP contribution in [0.4, 0.5) is 0 Å². The third kappa shape index (κ3) is 2.06. The van der Waals surface area contributed by atoms with Gasteiger partial charge in [0.25, 0.3) is 0 Å². The average Bonchev–Trinajstić information content (AvgIpc) is 2.43. The minimum absolute atomic E-state index is 0.274. The van der Waals surface area contributed by atoms with Crippen LogP contribution in [0.25, 0.3) is 0 Å². The molecule has 0 aromatic carbocycles. The van der Waals surface area contributed by atoms with Crippen molar-refractivity contribution in [1.29, 1.82) is 0 Å². The fraction of sp³-hybridized carbons (Fsp3) is 0.500. The van der Waals surface area contributed by atoms with Crippen LogP contribution in [0.15, 0.2) is 6.20 Å². The molecule has 72 valence electrons. The van der Waals surface area contributed by atoms with Crippen LogP contribution in [-0.4, -0.2) is 34.4 Å². The largest absolute Gasteiger partial charge is 0.478 e. The molecule has 0 bridgehead atoms. The summed E-state index contributed by atoms with van der Waals surface area (Å²) in [7, 11) is 1.84. The molecule has 0 spiro atoms. The van der Waals surface area contributed by atoms with Crippen molar-refractivity contribution in [3.63, 3.8) is 0 Å². The predicted molar refractivity (Wildman–Crippen MR) is 47.9 cm³/mol. The highest BCUT2D eigenvalue weighted by Crippen LogP contribution is 2.05. The minimum Gasteiger partial charge on any atom is -0.478 e. The van der Waals surface area contributed by atoms with Crippen LogP contribution in [0.1, 0.15) is 16.1 Å². The molecule has 0 aliphatic heterocycles. The molecule has 0 saturated carbocycles. The van der Waals surface area contributed by atoms with Gasteiger partial charge in [-0.2, -0.15) is 5.10 Å². The number of aromatic nitrogens is 2. The summed E-state index contributed by atoms with van der Waals surface area (Å²) in [6.45, 7) is 3.23. The normalized spacial score (nSPS) is 10.3. The van der Waals surface area contributed by atoms with Gasteiger partial charge in [-0.3, -0.25) is 4.68 Å². The maximum Gasteiger partial charge on any atom is 0.339 e. The van der Waals surface area contributed by atoms with Gasteiger partial charge in [-0.15, -0.1) is 0 Å². The summed E-state index contributed by atoms with van der Waals surface area (Å²) in [6, 6.07) is 0. The maximum atomic E-state index is 10.6. The van der Waals surface area contributed by atoms with E-state index in [0.717, 1.165) is 6.54 Å². The molecule has 2 N–H and O–H groups in total. The van der Waals surface area contributed by atoms with Crippen molar-refractivity contribution in [2.75, 3.05) is 13.6 Å². The van der Waals surface area contributed by atoms with Gasteiger partial charge in [0.15, 0.2) is 0 Å². The lowest BCUT2D eigenvalue weighted by atomic mass is 10.3. The number of rotatable bonds is 4. The summed E-state index contributed by atoms with van der Waals surface area (Å²) in [5, 5.41) is 15.7. The molecule has 0 radical (unpaired) electrons.